The Kier molecular flexibility index (Phi) is 3.38. The lowest BCUT2D eigenvalue weighted by molar-refractivity contribution is -0.256. The number of hydrogen-bond acceptors (Lipinski definition) is 4. The minimum Gasteiger partial charge on any atom is -0.478 e. The van der Waals surface area contributed by atoms with E-state index in [-0.39, 0.29) is 12.1 Å². The summed E-state index contributed by atoms with van der Waals surface area (Å²) in [5.74, 6) is -3.24. The van der Waals surface area contributed by atoms with Crippen molar-refractivity contribution in [2.45, 2.75) is 12.2 Å². The van der Waals surface area contributed by atoms with Crippen LogP contribution in [0.1, 0.15) is 22.3 Å². The molecule has 0 radical (unpaired) electrons. The second kappa shape index (κ2) is 5.09. The van der Waals surface area contributed by atoms with Gasteiger partial charge in [0.2, 0.25) is 0 Å². The third-order valence-corrected chi connectivity index (χ3v) is 3.62. The molecule has 1 spiro atoms. The minimum absolute atomic E-state index is 0.0285. The van der Waals surface area contributed by atoms with Gasteiger partial charge >= 0.3 is 5.97 Å². The second-order valence-electron chi connectivity index (χ2n) is 4.85. The average molecular weight is 295 g/mol. The van der Waals surface area contributed by atoms with Gasteiger partial charge in [-0.3, -0.25) is 4.79 Å². The van der Waals surface area contributed by atoms with Crippen LogP contribution in [0, 0.1) is 0 Å². The van der Waals surface area contributed by atoms with Gasteiger partial charge in [-0.05, 0) is 24.6 Å². The van der Waals surface area contributed by atoms with Crippen LogP contribution in [0.25, 0.3) is 0 Å². The smallest absolute Gasteiger partial charge is 0.335 e. The normalized spacial score (nSPS) is 19.9. The van der Waals surface area contributed by atoms with Gasteiger partial charge in [-0.1, -0.05) is 0 Å². The number of amides is 1. The number of nitrogens with zero attached hydrogens (tertiary/aromatic N) is 1. The molecule has 1 aromatic rings. The van der Waals surface area contributed by atoms with Crippen LogP contribution in [0.3, 0.4) is 0 Å². The van der Waals surface area contributed by atoms with Crippen molar-refractivity contribution in [2.24, 2.45) is 0 Å². The van der Waals surface area contributed by atoms with E-state index >= 15 is 0 Å². The molecule has 1 amide bonds. The summed E-state index contributed by atoms with van der Waals surface area (Å²) in [4.78, 5) is 24.9. The quantitative estimate of drug-likeness (QED) is 0.909. The van der Waals surface area contributed by atoms with Crippen LogP contribution >= 0.6 is 0 Å². The molecule has 2 heterocycles. The number of carboxylic acids is 1. The van der Waals surface area contributed by atoms with Crippen molar-refractivity contribution in [3.63, 3.8) is 0 Å². The zero-order chi connectivity index (χ0) is 15.0. The van der Waals surface area contributed by atoms with Gasteiger partial charge in [0.05, 0.1) is 31.0 Å². The summed E-state index contributed by atoms with van der Waals surface area (Å²) in [5, 5.41) is 9.10. The molecule has 1 fully saturated rings. The second-order valence-corrected chi connectivity index (χ2v) is 4.85. The Hall–Kier alpha value is -1.99. The fourth-order valence-corrected chi connectivity index (χ4v) is 2.69. The number of hydrogen-bond donors (Lipinski definition) is 1. The first-order chi connectivity index (χ1) is 10.1. The van der Waals surface area contributed by atoms with Gasteiger partial charge in [-0.2, -0.15) is 0 Å². The molecular formula is C14H14FNO5. The topological polar surface area (TPSA) is 76.1 Å². The van der Waals surface area contributed by atoms with Crippen LogP contribution < -0.4 is 4.90 Å². The summed E-state index contributed by atoms with van der Waals surface area (Å²) in [6, 6.07) is 4.23. The molecule has 3 rings (SSSR count). The molecule has 1 aromatic carbocycles. The number of carboxylic acid groups (broad SMARTS) is 1. The summed E-state index contributed by atoms with van der Waals surface area (Å²) in [7, 11) is 0. The first-order valence-corrected chi connectivity index (χ1v) is 6.64. The fraction of sp³-hybridized carbons (Fsp3) is 0.429. The predicted molar refractivity (Wildman–Crippen MR) is 69.9 cm³/mol. The summed E-state index contributed by atoms with van der Waals surface area (Å²) < 4.78 is 23.8. The zero-order valence-electron chi connectivity index (χ0n) is 11.2. The van der Waals surface area contributed by atoms with Crippen LogP contribution in [0.15, 0.2) is 18.2 Å². The van der Waals surface area contributed by atoms with E-state index < -0.39 is 24.3 Å². The van der Waals surface area contributed by atoms with Crippen LogP contribution in [0.4, 0.5) is 10.1 Å². The number of alkyl halides is 1. The first kappa shape index (κ1) is 14.0. The van der Waals surface area contributed by atoms with E-state index in [2.05, 4.69) is 0 Å². The van der Waals surface area contributed by atoms with Crippen LogP contribution in [0.5, 0.6) is 0 Å². The van der Waals surface area contributed by atoms with Crippen LogP contribution in [-0.2, 0) is 20.1 Å². The summed E-state index contributed by atoms with van der Waals surface area (Å²) in [5.41, 5.74) is 0.797. The van der Waals surface area contributed by atoms with Crippen molar-refractivity contribution >= 4 is 17.6 Å². The Balaban J connectivity index is 2.14. The molecule has 0 unspecified atom stereocenters. The summed E-state index contributed by atoms with van der Waals surface area (Å²) >= 11 is 0. The van der Waals surface area contributed by atoms with Crippen molar-refractivity contribution in [1.29, 1.82) is 0 Å². The average Bonchev–Trinajstić information content (AvgIpc) is 2.71. The zero-order valence-corrected chi connectivity index (χ0v) is 11.2. The largest absolute Gasteiger partial charge is 0.478 e. The molecule has 0 aromatic heterocycles. The Morgan fingerprint density at radius 1 is 1.38 bits per heavy atom. The number of carbonyl (C=O) groups is 2. The van der Waals surface area contributed by atoms with Gasteiger partial charge < -0.3 is 19.5 Å². The third-order valence-electron chi connectivity index (χ3n) is 3.62. The maximum atomic E-state index is 12.7. The number of aromatic carboxylic acids is 1. The molecule has 0 atom stereocenters. The highest BCUT2D eigenvalue weighted by atomic mass is 19.1. The molecule has 1 saturated heterocycles. The number of halogens is 1. The number of benzene rings is 1. The molecule has 2 aliphatic rings. The van der Waals surface area contributed by atoms with Gasteiger partial charge in [0.25, 0.3) is 11.7 Å². The molecule has 112 valence electrons. The molecule has 0 saturated carbocycles. The van der Waals surface area contributed by atoms with Gasteiger partial charge in [0.1, 0.15) is 6.67 Å². The van der Waals surface area contributed by atoms with Gasteiger partial charge in [0, 0.05) is 5.56 Å². The highest BCUT2D eigenvalue weighted by Crippen LogP contribution is 2.45. The highest BCUT2D eigenvalue weighted by Gasteiger charge is 2.54. The van der Waals surface area contributed by atoms with Crippen LogP contribution in [0.2, 0.25) is 0 Å². The predicted octanol–water partition coefficient (Wildman–Crippen LogP) is 1.29. The lowest BCUT2D eigenvalue weighted by atomic mass is 10.0. The van der Waals surface area contributed by atoms with E-state index in [0.29, 0.717) is 30.9 Å². The lowest BCUT2D eigenvalue weighted by Gasteiger charge is -2.32. The van der Waals surface area contributed by atoms with Crippen molar-refractivity contribution in [1.82, 2.24) is 0 Å². The SMILES string of the molecule is O=C(O)c1ccc2c(c1)C1(OCCCO1)C(=O)N2CCF. The van der Waals surface area contributed by atoms with E-state index in [4.69, 9.17) is 14.6 Å². The summed E-state index contributed by atoms with van der Waals surface area (Å²) in [6.07, 6.45) is 0.645. The Labute approximate surface area is 120 Å². The molecule has 1 N–H and O–H groups in total. The monoisotopic (exact) mass is 295 g/mol. The number of rotatable bonds is 3. The van der Waals surface area contributed by atoms with E-state index in [0.717, 1.165) is 0 Å². The van der Waals surface area contributed by atoms with Gasteiger partial charge in [0.15, 0.2) is 0 Å². The molecule has 6 nitrogen and oxygen atoms in total. The Morgan fingerprint density at radius 3 is 2.71 bits per heavy atom. The van der Waals surface area contributed by atoms with Crippen molar-refractivity contribution in [3.05, 3.63) is 29.3 Å². The molecule has 0 aliphatic carbocycles. The van der Waals surface area contributed by atoms with Gasteiger partial charge in [-0.15, -0.1) is 0 Å². The van der Waals surface area contributed by atoms with E-state index in [1.54, 1.807) is 0 Å². The number of carbonyl (C=O) groups excluding carboxylic acids is 1. The molecule has 2 aliphatic heterocycles. The van der Waals surface area contributed by atoms with Gasteiger partial charge in [-0.25, -0.2) is 9.18 Å². The Bertz CT molecular complexity index is 597. The molecule has 7 heteroatoms. The van der Waals surface area contributed by atoms with E-state index in [1.165, 1.54) is 23.1 Å². The minimum atomic E-state index is -1.63. The Morgan fingerprint density at radius 2 is 2.10 bits per heavy atom. The van der Waals surface area contributed by atoms with Crippen molar-refractivity contribution < 1.29 is 28.6 Å². The van der Waals surface area contributed by atoms with Crippen molar-refractivity contribution in [3.8, 4) is 0 Å². The summed E-state index contributed by atoms with van der Waals surface area (Å²) in [6.45, 7) is -0.174. The number of ether oxygens (including phenoxy) is 2. The number of anilines is 1. The molecule has 21 heavy (non-hydrogen) atoms. The maximum Gasteiger partial charge on any atom is 0.335 e. The molecule has 0 bridgehead atoms. The highest BCUT2D eigenvalue weighted by molar-refractivity contribution is 6.07. The molecular weight excluding hydrogens is 281 g/mol. The standard InChI is InChI=1S/C14H14FNO5/c15-4-5-16-11-3-2-9(12(17)18)8-10(11)14(13(16)19)20-6-1-7-21-14/h2-3,8H,1,4-7H2,(H,17,18). The lowest BCUT2D eigenvalue weighted by Crippen LogP contribution is -2.47. The first-order valence-electron chi connectivity index (χ1n) is 6.64. The van der Waals surface area contributed by atoms with Crippen molar-refractivity contribution in [2.75, 3.05) is 31.3 Å². The van der Waals surface area contributed by atoms with E-state index in [1.807, 2.05) is 0 Å². The third kappa shape index (κ3) is 2.00. The van der Waals surface area contributed by atoms with E-state index in [9.17, 15) is 14.0 Å². The fourth-order valence-electron chi connectivity index (χ4n) is 2.69. The van der Waals surface area contributed by atoms with Crippen LogP contribution in [-0.4, -0.2) is 43.4 Å². The maximum absolute atomic E-state index is 12.7. The number of fused-ring (bicyclic) bond motifs is 2.